The van der Waals surface area contributed by atoms with E-state index in [9.17, 15) is 0 Å². The van der Waals surface area contributed by atoms with Gasteiger partial charge in [0.2, 0.25) is 0 Å². The molecule has 15 heavy (non-hydrogen) atoms. The monoisotopic (exact) mass is 273 g/mol. The average molecular weight is 274 g/mol. The van der Waals surface area contributed by atoms with Gasteiger partial charge in [0.05, 0.1) is 0 Å². The van der Waals surface area contributed by atoms with Crippen LogP contribution in [0.4, 0.5) is 0 Å². The Kier molecular flexibility index (Phi) is 4.11. The summed E-state index contributed by atoms with van der Waals surface area (Å²) in [6.45, 7) is 4.99. The third kappa shape index (κ3) is 2.97. The minimum atomic E-state index is 0.623. The molecule has 0 atom stereocenters. The minimum Gasteiger partial charge on any atom is -0.300 e. The van der Waals surface area contributed by atoms with E-state index in [1.807, 2.05) is 0 Å². The van der Waals surface area contributed by atoms with E-state index in [4.69, 9.17) is 0 Å². The van der Waals surface area contributed by atoms with Gasteiger partial charge in [-0.3, -0.25) is 4.90 Å². The Morgan fingerprint density at radius 3 is 2.40 bits per heavy atom. The highest BCUT2D eigenvalue weighted by atomic mass is 79.9. The second-order valence-corrected chi connectivity index (χ2v) is 6.10. The van der Waals surface area contributed by atoms with E-state index in [1.165, 1.54) is 63.4 Å². The number of nitrogens with zero attached hydrogens (tertiary/aromatic N) is 1. The zero-order valence-electron chi connectivity index (χ0n) is 9.97. The molecule has 2 heteroatoms. The van der Waals surface area contributed by atoms with Crippen LogP contribution in [0.25, 0.3) is 0 Å². The lowest BCUT2D eigenvalue weighted by Gasteiger charge is -2.34. The van der Waals surface area contributed by atoms with E-state index in [1.54, 1.807) is 0 Å². The maximum atomic E-state index is 3.76. The number of hydrogen-bond donors (Lipinski definition) is 0. The topological polar surface area (TPSA) is 3.24 Å². The lowest BCUT2D eigenvalue weighted by atomic mass is 9.88. The van der Waals surface area contributed by atoms with Crippen molar-refractivity contribution in [1.82, 2.24) is 4.90 Å². The van der Waals surface area contributed by atoms with Crippen molar-refractivity contribution in [3.8, 4) is 0 Å². The van der Waals surface area contributed by atoms with Crippen molar-refractivity contribution in [2.75, 3.05) is 18.4 Å². The van der Waals surface area contributed by atoms with Crippen molar-refractivity contribution in [2.45, 2.75) is 57.9 Å². The summed E-state index contributed by atoms with van der Waals surface area (Å²) >= 11 is 3.76. The molecule has 0 radical (unpaired) electrons. The Morgan fingerprint density at radius 1 is 1.27 bits per heavy atom. The molecule has 0 N–H and O–H groups in total. The van der Waals surface area contributed by atoms with E-state index in [0.29, 0.717) is 5.41 Å². The van der Waals surface area contributed by atoms with E-state index in [0.717, 1.165) is 6.04 Å². The Labute approximate surface area is 103 Å². The standard InChI is InChI=1S/C13H24BrN/c1-2-9-15(12-5-6-12)11-13(10-14)7-3-4-8-13/h12H,2-11H2,1H3. The van der Waals surface area contributed by atoms with Gasteiger partial charge in [0.25, 0.3) is 0 Å². The first kappa shape index (κ1) is 11.9. The van der Waals surface area contributed by atoms with Crippen LogP contribution in [0.15, 0.2) is 0 Å². The van der Waals surface area contributed by atoms with Gasteiger partial charge in [-0.1, -0.05) is 35.7 Å². The van der Waals surface area contributed by atoms with Gasteiger partial charge in [-0.15, -0.1) is 0 Å². The summed E-state index contributed by atoms with van der Waals surface area (Å²) < 4.78 is 0. The fourth-order valence-corrected chi connectivity index (χ4v) is 3.75. The van der Waals surface area contributed by atoms with Crippen LogP contribution in [-0.4, -0.2) is 29.4 Å². The van der Waals surface area contributed by atoms with Crippen molar-refractivity contribution in [2.24, 2.45) is 5.41 Å². The molecule has 0 bridgehead atoms. The maximum absolute atomic E-state index is 3.76. The quantitative estimate of drug-likeness (QED) is 0.666. The molecule has 0 amide bonds. The van der Waals surface area contributed by atoms with Gasteiger partial charge in [-0.2, -0.15) is 0 Å². The summed E-state index contributed by atoms with van der Waals surface area (Å²) in [7, 11) is 0. The summed E-state index contributed by atoms with van der Waals surface area (Å²) in [5.41, 5.74) is 0.623. The van der Waals surface area contributed by atoms with Gasteiger partial charge in [-0.05, 0) is 44.1 Å². The molecule has 1 nitrogen and oxygen atoms in total. The molecule has 0 spiro atoms. The van der Waals surface area contributed by atoms with Crippen molar-refractivity contribution < 1.29 is 0 Å². The lowest BCUT2D eigenvalue weighted by molar-refractivity contribution is 0.164. The van der Waals surface area contributed by atoms with Crippen LogP contribution in [0, 0.1) is 5.41 Å². The van der Waals surface area contributed by atoms with Crippen LogP contribution >= 0.6 is 15.9 Å². The second kappa shape index (κ2) is 5.18. The first-order valence-electron chi connectivity index (χ1n) is 6.60. The lowest BCUT2D eigenvalue weighted by Crippen LogP contribution is -2.39. The van der Waals surface area contributed by atoms with Gasteiger partial charge in [-0.25, -0.2) is 0 Å². The summed E-state index contributed by atoms with van der Waals surface area (Å²) in [6, 6.07) is 0.946. The summed E-state index contributed by atoms with van der Waals surface area (Å²) in [4.78, 5) is 2.77. The molecule has 0 saturated heterocycles. The number of halogens is 1. The van der Waals surface area contributed by atoms with Crippen LogP contribution < -0.4 is 0 Å². The van der Waals surface area contributed by atoms with Crippen molar-refractivity contribution in [1.29, 1.82) is 0 Å². The zero-order valence-corrected chi connectivity index (χ0v) is 11.6. The van der Waals surface area contributed by atoms with Crippen LogP contribution in [0.2, 0.25) is 0 Å². The fraction of sp³-hybridized carbons (Fsp3) is 1.00. The van der Waals surface area contributed by atoms with E-state index < -0.39 is 0 Å². The van der Waals surface area contributed by atoms with Crippen molar-refractivity contribution in [3.63, 3.8) is 0 Å². The van der Waals surface area contributed by atoms with E-state index in [2.05, 4.69) is 27.8 Å². The molecule has 0 aromatic carbocycles. The van der Waals surface area contributed by atoms with Gasteiger partial charge in [0.1, 0.15) is 0 Å². The van der Waals surface area contributed by atoms with Gasteiger partial charge >= 0.3 is 0 Å². The van der Waals surface area contributed by atoms with Crippen LogP contribution in [0.1, 0.15) is 51.9 Å². The fourth-order valence-electron chi connectivity index (χ4n) is 3.01. The molecule has 0 unspecified atom stereocenters. The molecule has 2 fully saturated rings. The molecule has 0 aromatic rings. The first-order valence-corrected chi connectivity index (χ1v) is 7.72. The third-order valence-electron chi connectivity index (χ3n) is 4.06. The average Bonchev–Trinajstić information content (AvgIpc) is 3.00. The Morgan fingerprint density at radius 2 is 1.93 bits per heavy atom. The molecule has 2 saturated carbocycles. The number of alkyl halides is 1. The smallest absolute Gasteiger partial charge is 0.0100 e. The van der Waals surface area contributed by atoms with Crippen molar-refractivity contribution in [3.05, 3.63) is 0 Å². The molecule has 2 aliphatic rings. The normalized spacial score (nSPS) is 25.0. The van der Waals surface area contributed by atoms with Crippen LogP contribution in [0.5, 0.6) is 0 Å². The van der Waals surface area contributed by atoms with E-state index in [-0.39, 0.29) is 0 Å². The first-order chi connectivity index (χ1) is 7.29. The van der Waals surface area contributed by atoms with Gasteiger partial charge < -0.3 is 0 Å². The molecular formula is C13H24BrN. The van der Waals surface area contributed by atoms with Crippen LogP contribution in [-0.2, 0) is 0 Å². The highest BCUT2D eigenvalue weighted by Crippen LogP contribution is 2.42. The molecule has 88 valence electrons. The van der Waals surface area contributed by atoms with Crippen LogP contribution in [0.3, 0.4) is 0 Å². The summed E-state index contributed by atoms with van der Waals surface area (Å²) in [5, 5.41) is 1.22. The molecule has 0 aromatic heterocycles. The van der Waals surface area contributed by atoms with Gasteiger partial charge in [0, 0.05) is 17.9 Å². The SMILES string of the molecule is CCCN(CC1(CBr)CCCC1)C1CC1. The predicted molar refractivity (Wildman–Crippen MR) is 69.6 cm³/mol. The molecule has 2 rings (SSSR count). The Hall–Kier alpha value is 0.440. The van der Waals surface area contributed by atoms with Crippen molar-refractivity contribution >= 4 is 15.9 Å². The third-order valence-corrected chi connectivity index (χ3v) is 5.25. The zero-order chi connectivity index (χ0) is 10.7. The number of rotatable bonds is 6. The van der Waals surface area contributed by atoms with Gasteiger partial charge in [0.15, 0.2) is 0 Å². The number of hydrogen-bond acceptors (Lipinski definition) is 1. The molecular weight excluding hydrogens is 250 g/mol. The summed E-state index contributed by atoms with van der Waals surface area (Å²) in [6.07, 6.45) is 10.0. The highest BCUT2D eigenvalue weighted by molar-refractivity contribution is 9.09. The molecule has 2 aliphatic carbocycles. The van der Waals surface area contributed by atoms with E-state index >= 15 is 0 Å². The largest absolute Gasteiger partial charge is 0.300 e. The molecule has 0 aliphatic heterocycles. The molecule has 0 heterocycles. The maximum Gasteiger partial charge on any atom is 0.0100 e. The summed E-state index contributed by atoms with van der Waals surface area (Å²) in [5.74, 6) is 0. The Balaban J connectivity index is 1.90. The Bertz CT molecular complexity index is 195. The predicted octanol–water partition coefficient (Wildman–Crippen LogP) is 3.82. The highest BCUT2D eigenvalue weighted by Gasteiger charge is 2.38. The second-order valence-electron chi connectivity index (χ2n) is 5.54. The minimum absolute atomic E-state index is 0.623.